The molecule has 15 heteroatoms. The Kier molecular flexibility index (Phi) is 15.6. The minimum Gasteiger partial charge on any atom is -0.488 e. The summed E-state index contributed by atoms with van der Waals surface area (Å²) < 4.78 is 22.1. The number of benzene rings is 1. The van der Waals surface area contributed by atoms with E-state index in [0.29, 0.717) is 29.0 Å². The molecule has 2 aromatic rings. The third kappa shape index (κ3) is 13.3. The molecule has 0 fully saturated rings. The van der Waals surface area contributed by atoms with Crippen molar-refractivity contribution in [3.05, 3.63) is 53.3 Å². The number of pyridine rings is 1. The lowest BCUT2D eigenvalue weighted by Crippen LogP contribution is -2.40. The number of alkyl carbamates (subject to hydrolysis) is 2. The lowest BCUT2D eigenvalue weighted by Gasteiger charge is -2.22. The maximum Gasteiger partial charge on any atom is 0.414 e. The average Bonchev–Trinajstić information content (AvgIpc) is 2.97. The highest BCUT2D eigenvalue weighted by atomic mass is 16.6. The number of amides is 2. The summed E-state index contributed by atoms with van der Waals surface area (Å²) >= 11 is 0. The number of ether oxygens (including phenoxy) is 4. The number of para-hydroxylation sites is 1. The standard InChI is InChI=1S/C24H34N4O7.C2H2O4/c1-5-21(35-19-9-7-6-8-10-19)28-12-18(29)14-32-22-16(2)27-11-17(13-33-23(30)25-3)20(22)15-34-24(31)26-4;3-1(4)2(5)6/h6-11,18,21,28-29H,5,12-15H2,1-4H3,(H,25,30)(H,26,31);(H,3,4)(H,5,6). The zero-order chi connectivity index (χ0) is 30.8. The van der Waals surface area contributed by atoms with Crippen LogP contribution >= 0.6 is 0 Å². The first-order valence-corrected chi connectivity index (χ1v) is 12.4. The maximum absolute atomic E-state index is 11.6. The van der Waals surface area contributed by atoms with Crippen LogP contribution in [0.1, 0.15) is 30.2 Å². The Morgan fingerprint density at radius 3 is 2.07 bits per heavy atom. The smallest absolute Gasteiger partial charge is 0.414 e. The second kappa shape index (κ2) is 18.6. The van der Waals surface area contributed by atoms with Crippen molar-refractivity contribution in [2.45, 2.75) is 45.8 Å². The quantitative estimate of drug-likeness (QED) is 0.146. The molecule has 1 heterocycles. The van der Waals surface area contributed by atoms with Gasteiger partial charge in [-0.2, -0.15) is 0 Å². The van der Waals surface area contributed by atoms with Crippen molar-refractivity contribution in [3.63, 3.8) is 0 Å². The summed E-state index contributed by atoms with van der Waals surface area (Å²) in [6.45, 7) is 3.64. The first-order valence-electron chi connectivity index (χ1n) is 12.4. The summed E-state index contributed by atoms with van der Waals surface area (Å²) in [6, 6.07) is 9.42. The number of aryl methyl sites for hydroxylation is 1. The molecule has 226 valence electrons. The molecule has 15 nitrogen and oxygen atoms in total. The van der Waals surface area contributed by atoms with E-state index in [9.17, 15) is 14.7 Å². The molecule has 2 unspecified atom stereocenters. The third-order valence-corrected chi connectivity index (χ3v) is 5.10. The van der Waals surface area contributed by atoms with Crippen molar-refractivity contribution in [1.82, 2.24) is 20.9 Å². The lowest BCUT2D eigenvalue weighted by atomic mass is 10.1. The Balaban J connectivity index is 0.00000126. The number of nitrogens with zero attached hydrogens (tertiary/aromatic N) is 1. The van der Waals surface area contributed by atoms with Crippen molar-refractivity contribution in [1.29, 1.82) is 0 Å². The van der Waals surface area contributed by atoms with Gasteiger partial charge in [-0.1, -0.05) is 25.1 Å². The molecule has 2 rings (SSSR count). The summed E-state index contributed by atoms with van der Waals surface area (Å²) in [4.78, 5) is 45.6. The summed E-state index contributed by atoms with van der Waals surface area (Å²) in [7, 11) is 2.89. The van der Waals surface area contributed by atoms with E-state index >= 15 is 0 Å². The molecule has 2 amide bonds. The molecule has 1 aromatic carbocycles. The molecule has 0 aliphatic rings. The summed E-state index contributed by atoms with van der Waals surface area (Å²) in [6.07, 6.45) is -0.163. The van der Waals surface area contributed by atoms with Gasteiger partial charge in [0.25, 0.3) is 0 Å². The average molecular weight is 581 g/mol. The number of carbonyl (C=O) groups is 4. The molecule has 0 saturated carbocycles. The normalized spacial score (nSPS) is 11.5. The second-order valence-electron chi connectivity index (χ2n) is 8.14. The fourth-order valence-electron chi connectivity index (χ4n) is 3.01. The van der Waals surface area contributed by atoms with Crippen LogP contribution in [0.4, 0.5) is 9.59 Å². The zero-order valence-corrected chi connectivity index (χ0v) is 23.2. The van der Waals surface area contributed by atoms with Gasteiger partial charge in [0, 0.05) is 38.0 Å². The first kappa shape index (κ1) is 34.4. The number of hydrogen-bond acceptors (Lipinski definition) is 11. The Morgan fingerprint density at radius 2 is 1.54 bits per heavy atom. The molecule has 0 bridgehead atoms. The number of carboxylic acids is 2. The highest BCUT2D eigenvalue weighted by Crippen LogP contribution is 2.27. The summed E-state index contributed by atoms with van der Waals surface area (Å²) in [5.74, 6) is -2.57. The number of carboxylic acid groups (broad SMARTS) is 2. The van der Waals surface area contributed by atoms with Crippen LogP contribution in [-0.4, -0.2) is 84.0 Å². The SMILES string of the molecule is CCC(NCC(O)COc1c(C)ncc(COC(=O)NC)c1COC(=O)NC)Oc1ccccc1.O=C(O)C(=O)O. The molecule has 1 aromatic heterocycles. The van der Waals surface area contributed by atoms with Gasteiger partial charge in [0.15, 0.2) is 0 Å². The number of rotatable bonds is 13. The number of aliphatic hydroxyl groups is 1. The van der Waals surface area contributed by atoms with Crippen LogP contribution < -0.4 is 25.4 Å². The highest BCUT2D eigenvalue weighted by molar-refractivity contribution is 6.27. The van der Waals surface area contributed by atoms with Crippen molar-refractivity contribution >= 4 is 24.1 Å². The van der Waals surface area contributed by atoms with Gasteiger partial charge in [-0.05, 0) is 25.5 Å². The van der Waals surface area contributed by atoms with E-state index < -0.39 is 30.2 Å². The summed E-state index contributed by atoms with van der Waals surface area (Å²) in [5, 5.41) is 33.2. The molecule has 0 spiro atoms. The van der Waals surface area contributed by atoms with E-state index in [4.69, 9.17) is 38.7 Å². The fraction of sp³-hybridized carbons (Fsp3) is 0.423. The van der Waals surface area contributed by atoms with Gasteiger partial charge in [0.2, 0.25) is 0 Å². The van der Waals surface area contributed by atoms with Crippen LogP contribution in [0.2, 0.25) is 0 Å². The van der Waals surface area contributed by atoms with Gasteiger partial charge in [-0.3, -0.25) is 10.3 Å². The van der Waals surface area contributed by atoms with Gasteiger partial charge in [-0.25, -0.2) is 19.2 Å². The predicted octanol–water partition coefficient (Wildman–Crippen LogP) is 1.40. The van der Waals surface area contributed by atoms with E-state index in [1.165, 1.54) is 20.3 Å². The highest BCUT2D eigenvalue weighted by Gasteiger charge is 2.19. The maximum atomic E-state index is 11.6. The van der Waals surface area contributed by atoms with Gasteiger partial charge in [-0.15, -0.1) is 0 Å². The van der Waals surface area contributed by atoms with E-state index in [-0.39, 0.29) is 32.6 Å². The zero-order valence-electron chi connectivity index (χ0n) is 23.2. The van der Waals surface area contributed by atoms with Crippen LogP contribution in [-0.2, 0) is 32.3 Å². The number of aliphatic carboxylic acids is 2. The van der Waals surface area contributed by atoms with Crippen molar-refractivity contribution in [2.24, 2.45) is 0 Å². The van der Waals surface area contributed by atoms with Crippen molar-refractivity contribution < 1.29 is 53.4 Å². The third-order valence-electron chi connectivity index (χ3n) is 5.10. The van der Waals surface area contributed by atoms with Gasteiger partial charge < -0.3 is 44.9 Å². The molecular formula is C26H36N4O11. The first-order chi connectivity index (χ1) is 19.5. The molecule has 41 heavy (non-hydrogen) atoms. The molecule has 6 N–H and O–H groups in total. The number of nitrogens with one attached hydrogen (secondary N) is 3. The Labute approximate surface area is 236 Å². The summed E-state index contributed by atoms with van der Waals surface area (Å²) in [5.41, 5.74) is 1.53. The Bertz CT molecular complexity index is 1120. The molecule has 0 saturated heterocycles. The molecule has 0 radical (unpaired) electrons. The number of aromatic nitrogens is 1. The van der Waals surface area contributed by atoms with Gasteiger partial charge in [0.05, 0.1) is 5.69 Å². The van der Waals surface area contributed by atoms with E-state index in [1.807, 2.05) is 37.3 Å². The predicted molar refractivity (Wildman–Crippen MR) is 143 cm³/mol. The largest absolute Gasteiger partial charge is 0.488 e. The monoisotopic (exact) mass is 580 g/mol. The lowest BCUT2D eigenvalue weighted by molar-refractivity contribution is -0.159. The molecule has 0 aliphatic carbocycles. The molecule has 2 atom stereocenters. The van der Waals surface area contributed by atoms with Crippen LogP contribution in [0.15, 0.2) is 36.5 Å². The molecular weight excluding hydrogens is 544 g/mol. The van der Waals surface area contributed by atoms with E-state index in [1.54, 1.807) is 6.92 Å². The van der Waals surface area contributed by atoms with E-state index in [2.05, 4.69) is 20.9 Å². The number of aliphatic hydroxyl groups excluding tert-OH is 1. The van der Waals surface area contributed by atoms with Gasteiger partial charge >= 0.3 is 24.1 Å². The van der Waals surface area contributed by atoms with Crippen LogP contribution in [0.25, 0.3) is 0 Å². The van der Waals surface area contributed by atoms with Crippen LogP contribution in [0.3, 0.4) is 0 Å². The second-order valence-corrected chi connectivity index (χ2v) is 8.14. The van der Waals surface area contributed by atoms with Gasteiger partial charge in [0.1, 0.15) is 43.7 Å². The van der Waals surface area contributed by atoms with Crippen LogP contribution in [0, 0.1) is 6.92 Å². The minimum atomic E-state index is -1.82. The fourth-order valence-corrected chi connectivity index (χ4v) is 3.01. The van der Waals surface area contributed by atoms with Crippen molar-refractivity contribution in [3.8, 4) is 11.5 Å². The topological polar surface area (TPSA) is 215 Å². The van der Waals surface area contributed by atoms with Crippen molar-refractivity contribution in [2.75, 3.05) is 27.2 Å². The minimum absolute atomic E-state index is 0.0516. The molecule has 0 aliphatic heterocycles. The van der Waals surface area contributed by atoms with E-state index in [0.717, 1.165) is 5.75 Å². The Hall–Kier alpha value is -4.63. The Morgan fingerprint density at radius 1 is 0.951 bits per heavy atom. The number of hydrogen-bond donors (Lipinski definition) is 6. The van der Waals surface area contributed by atoms with Crippen LogP contribution in [0.5, 0.6) is 11.5 Å². The number of carbonyl (C=O) groups excluding carboxylic acids is 2.